The number of thiazole rings is 1. The van der Waals surface area contributed by atoms with Gasteiger partial charge in [0, 0.05) is 49.3 Å². The highest BCUT2D eigenvalue weighted by Gasteiger charge is 2.22. The molecule has 0 aliphatic heterocycles. The molecule has 0 fully saturated rings. The number of nitrogens with zero attached hydrogens (tertiary/aromatic N) is 7. The van der Waals surface area contributed by atoms with Crippen molar-refractivity contribution < 1.29 is 0 Å². The van der Waals surface area contributed by atoms with Gasteiger partial charge in [0.25, 0.3) is 5.56 Å². The largest absolute Gasteiger partial charge is 0.354 e. The quantitative estimate of drug-likeness (QED) is 0.350. The monoisotopic (exact) mass is 502 g/mol. The Hall–Kier alpha value is -3.79. The first-order chi connectivity index (χ1) is 17.0. The summed E-state index contributed by atoms with van der Waals surface area (Å²) in [4.78, 5) is 33.8. The minimum atomic E-state index is -0.134. The van der Waals surface area contributed by atoms with E-state index in [-0.39, 0.29) is 17.0 Å². The van der Waals surface area contributed by atoms with Gasteiger partial charge in [-0.05, 0) is 44.2 Å². The number of anilines is 3. The van der Waals surface area contributed by atoms with Crippen LogP contribution in [0, 0.1) is 0 Å². The highest BCUT2D eigenvalue weighted by molar-refractivity contribution is 7.22. The van der Waals surface area contributed by atoms with Crippen molar-refractivity contribution in [2.24, 2.45) is 0 Å². The number of benzene rings is 1. The normalized spacial score (nSPS) is 12.1. The average Bonchev–Trinajstić information content (AvgIpc) is 3.37. The fourth-order valence-corrected chi connectivity index (χ4v) is 4.97. The summed E-state index contributed by atoms with van der Waals surface area (Å²) in [6.45, 7) is 10.3. The van der Waals surface area contributed by atoms with Crippen LogP contribution >= 0.6 is 11.3 Å². The smallest absolute Gasteiger partial charge is 0.278 e. The molecule has 0 radical (unpaired) electrons. The molecule has 1 aromatic carbocycles. The van der Waals surface area contributed by atoms with Crippen molar-refractivity contribution in [2.45, 2.75) is 46.1 Å². The second-order valence-corrected chi connectivity index (χ2v) is 11.3. The number of aromatic nitrogens is 6. The van der Waals surface area contributed by atoms with Crippen LogP contribution in [0.4, 0.5) is 16.8 Å². The zero-order valence-corrected chi connectivity index (χ0v) is 22.4. The van der Waals surface area contributed by atoms with Gasteiger partial charge in [0.1, 0.15) is 5.39 Å². The lowest BCUT2D eigenvalue weighted by Gasteiger charge is -2.20. The molecular formula is C26H30N8OS. The van der Waals surface area contributed by atoms with Gasteiger partial charge < -0.3 is 10.2 Å². The highest BCUT2D eigenvalue weighted by Crippen LogP contribution is 2.31. The third-order valence-electron chi connectivity index (χ3n) is 5.88. The van der Waals surface area contributed by atoms with Crippen molar-refractivity contribution in [1.82, 2.24) is 29.3 Å². The van der Waals surface area contributed by atoms with Crippen LogP contribution < -0.4 is 15.8 Å². The Morgan fingerprint density at radius 2 is 1.83 bits per heavy atom. The Bertz CT molecular complexity index is 1640. The molecule has 0 unspecified atom stereocenters. The van der Waals surface area contributed by atoms with Gasteiger partial charge in [-0.1, -0.05) is 32.1 Å². The van der Waals surface area contributed by atoms with Crippen molar-refractivity contribution in [3.8, 4) is 5.69 Å². The van der Waals surface area contributed by atoms with Crippen molar-refractivity contribution in [3.63, 3.8) is 0 Å². The van der Waals surface area contributed by atoms with Crippen LogP contribution in [-0.2, 0) is 5.41 Å². The first-order valence-corrected chi connectivity index (χ1v) is 12.7. The van der Waals surface area contributed by atoms with Crippen molar-refractivity contribution in [1.29, 1.82) is 0 Å². The molecular weight excluding hydrogens is 472 g/mol. The van der Waals surface area contributed by atoms with E-state index in [1.807, 2.05) is 67.9 Å². The van der Waals surface area contributed by atoms with Crippen LogP contribution in [0.1, 0.15) is 46.4 Å². The summed E-state index contributed by atoms with van der Waals surface area (Å²) in [5.74, 6) is 0.416. The van der Waals surface area contributed by atoms with Gasteiger partial charge in [0.2, 0.25) is 5.95 Å². The second kappa shape index (κ2) is 8.70. The van der Waals surface area contributed by atoms with Crippen LogP contribution in [0.5, 0.6) is 0 Å². The predicted molar refractivity (Wildman–Crippen MR) is 147 cm³/mol. The summed E-state index contributed by atoms with van der Waals surface area (Å²) in [6.07, 6.45) is 3.38. The number of rotatable bonds is 5. The van der Waals surface area contributed by atoms with Gasteiger partial charge in [-0.2, -0.15) is 4.98 Å². The predicted octanol–water partition coefficient (Wildman–Crippen LogP) is 5.27. The minimum absolute atomic E-state index is 0.0750. The number of hydrogen-bond donors (Lipinski definition) is 1. The Morgan fingerprint density at radius 3 is 2.53 bits per heavy atom. The third-order valence-corrected chi connectivity index (χ3v) is 7.07. The summed E-state index contributed by atoms with van der Waals surface area (Å²) in [5.41, 5.74) is 3.86. The lowest BCUT2D eigenvalue weighted by molar-refractivity contribution is 0.474. The zero-order chi connectivity index (χ0) is 25.8. The van der Waals surface area contributed by atoms with E-state index < -0.39 is 0 Å². The molecule has 0 spiro atoms. The Kier molecular flexibility index (Phi) is 5.78. The Morgan fingerprint density at radius 1 is 1.06 bits per heavy atom. The SMILES string of the molecule is CC(C)n1c(=O)c2cnc(Nc3ccc4nc(N(C)C)sc4c3)nc2n1-c1ccnc(C(C)(C)C)c1. The van der Waals surface area contributed by atoms with Gasteiger partial charge in [0.05, 0.1) is 15.9 Å². The first-order valence-electron chi connectivity index (χ1n) is 11.8. The van der Waals surface area contributed by atoms with E-state index in [9.17, 15) is 4.79 Å². The molecule has 1 N–H and O–H groups in total. The molecule has 0 amide bonds. The molecule has 0 atom stereocenters. The van der Waals surface area contributed by atoms with Gasteiger partial charge >= 0.3 is 0 Å². The van der Waals surface area contributed by atoms with E-state index in [0.717, 1.165) is 32.4 Å². The fourth-order valence-electron chi connectivity index (χ4n) is 4.05. The van der Waals surface area contributed by atoms with E-state index in [1.54, 1.807) is 28.4 Å². The highest BCUT2D eigenvalue weighted by atomic mass is 32.1. The molecule has 5 rings (SSSR count). The fraction of sp³-hybridized carbons (Fsp3) is 0.346. The van der Waals surface area contributed by atoms with E-state index in [0.29, 0.717) is 17.0 Å². The Labute approximate surface area is 213 Å². The standard InChI is InChI=1S/C26H30N8OS/c1-15(2)33-23(35)18-14-28-24(29-16-8-9-19-20(12-16)36-25(30-19)32(6)7)31-22(18)34(33)17-10-11-27-21(13-17)26(3,4)5/h8-15H,1-7H3,(H,28,29,31). The lowest BCUT2D eigenvalue weighted by atomic mass is 9.91. The van der Waals surface area contributed by atoms with Crippen molar-refractivity contribution >= 4 is 49.4 Å². The maximum atomic E-state index is 13.3. The number of nitrogens with one attached hydrogen (secondary N) is 1. The van der Waals surface area contributed by atoms with Gasteiger partial charge in [0.15, 0.2) is 10.8 Å². The first kappa shape index (κ1) is 23.9. The van der Waals surface area contributed by atoms with Crippen LogP contribution in [0.2, 0.25) is 0 Å². The van der Waals surface area contributed by atoms with Gasteiger partial charge in [-0.25, -0.2) is 19.3 Å². The summed E-state index contributed by atoms with van der Waals surface area (Å²) in [6, 6.07) is 9.83. The van der Waals surface area contributed by atoms with E-state index in [1.165, 1.54) is 0 Å². The molecule has 0 bridgehead atoms. The van der Waals surface area contributed by atoms with E-state index >= 15 is 0 Å². The van der Waals surface area contributed by atoms with Gasteiger partial charge in [-0.15, -0.1) is 0 Å². The molecule has 4 heterocycles. The topological polar surface area (TPSA) is 93.8 Å². The molecule has 5 aromatic rings. The summed E-state index contributed by atoms with van der Waals surface area (Å²) < 4.78 is 4.66. The molecule has 10 heteroatoms. The maximum absolute atomic E-state index is 13.3. The van der Waals surface area contributed by atoms with Gasteiger partial charge in [-0.3, -0.25) is 9.78 Å². The third kappa shape index (κ3) is 4.21. The van der Waals surface area contributed by atoms with Crippen LogP contribution in [0.3, 0.4) is 0 Å². The summed E-state index contributed by atoms with van der Waals surface area (Å²) in [5, 5.41) is 4.72. The molecule has 0 aliphatic carbocycles. The van der Waals surface area contributed by atoms with Crippen molar-refractivity contribution in [3.05, 3.63) is 58.8 Å². The molecule has 0 aliphatic rings. The van der Waals surface area contributed by atoms with Crippen LogP contribution in [0.25, 0.3) is 26.9 Å². The summed E-state index contributed by atoms with van der Waals surface area (Å²) >= 11 is 1.62. The molecule has 36 heavy (non-hydrogen) atoms. The number of hydrogen-bond acceptors (Lipinski definition) is 8. The van der Waals surface area contributed by atoms with E-state index in [2.05, 4.69) is 41.0 Å². The average molecular weight is 503 g/mol. The summed E-state index contributed by atoms with van der Waals surface area (Å²) in [7, 11) is 3.96. The lowest BCUT2D eigenvalue weighted by Crippen LogP contribution is -2.24. The van der Waals surface area contributed by atoms with Crippen molar-refractivity contribution in [2.75, 3.05) is 24.3 Å². The molecule has 4 aromatic heterocycles. The minimum Gasteiger partial charge on any atom is -0.354 e. The van der Waals surface area contributed by atoms with Crippen LogP contribution in [0.15, 0.2) is 47.5 Å². The zero-order valence-electron chi connectivity index (χ0n) is 21.6. The molecule has 0 saturated heterocycles. The maximum Gasteiger partial charge on any atom is 0.278 e. The number of fused-ring (bicyclic) bond motifs is 2. The molecule has 9 nitrogen and oxygen atoms in total. The number of pyridine rings is 1. The van der Waals surface area contributed by atoms with Crippen LogP contribution in [-0.4, -0.2) is 43.4 Å². The molecule has 186 valence electrons. The Balaban J connectivity index is 1.62. The second-order valence-electron chi connectivity index (χ2n) is 10.3. The molecule has 0 saturated carbocycles. The van der Waals surface area contributed by atoms with E-state index in [4.69, 9.17) is 4.98 Å².